The van der Waals surface area contributed by atoms with Gasteiger partial charge in [-0.15, -0.1) is 0 Å². The van der Waals surface area contributed by atoms with Crippen molar-refractivity contribution in [1.29, 1.82) is 0 Å². The highest BCUT2D eigenvalue weighted by atomic mass is 16.7. The Bertz CT molecular complexity index is 805. The number of hydrogen-bond acceptors (Lipinski definition) is 3. The second-order valence-corrected chi connectivity index (χ2v) is 12.5. The van der Waals surface area contributed by atoms with Gasteiger partial charge in [0.05, 0.1) is 12.7 Å². The Hall–Kier alpha value is -0.900. The largest absolute Gasteiger partial charge is 0.381 e. The summed E-state index contributed by atoms with van der Waals surface area (Å²) in [6.45, 7) is 9.20. The zero-order valence-electron chi connectivity index (χ0n) is 22.2. The van der Waals surface area contributed by atoms with Crippen LogP contribution < -0.4 is 0 Å². The predicted molar refractivity (Wildman–Crippen MR) is 138 cm³/mol. The lowest BCUT2D eigenvalue weighted by atomic mass is 9.47. The maximum absolute atomic E-state index is 6.45. The minimum Gasteiger partial charge on any atom is -0.381 e. The van der Waals surface area contributed by atoms with Crippen LogP contribution in [0.25, 0.3) is 0 Å². The van der Waals surface area contributed by atoms with E-state index < -0.39 is 0 Å². The third-order valence-electron chi connectivity index (χ3n) is 10.8. The molecule has 1 aliphatic heterocycles. The summed E-state index contributed by atoms with van der Waals surface area (Å²) >= 11 is 0. The molecule has 1 saturated heterocycles. The molecule has 5 rings (SSSR count). The summed E-state index contributed by atoms with van der Waals surface area (Å²) in [5.74, 6) is 3.35. The van der Waals surface area contributed by atoms with Crippen molar-refractivity contribution in [3.63, 3.8) is 0 Å². The van der Waals surface area contributed by atoms with Crippen molar-refractivity contribution in [3.8, 4) is 0 Å². The molecule has 5 aliphatic rings. The van der Waals surface area contributed by atoms with E-state index in [0.717, 1.165) is 43.1 Å². The van der Waals surface area contributed by atoms with Crippen LogP contribution in [0.3, 0.4) is 0 Å². The zero-order valence-corrected chi connectivity index (χ0v) is 22.2. The first kappa shape index (κ1) is 24.8. The van der Waals surface area contributed by atoms with Crippen LogP contribution in [0, 0.1) is 34.5 Å². The summed E-state index contributed by atoms with van der Waals surface area (Å²) in [4.78, 5) is 0. The number of methoxy groups -OCH3 is 1. The van der Waals surface area contributed by atoms with E-state index >= 15 is 0 Å². The van der Waals surface area contributed by atoms with Gasteiger partial charge in [-0.2, -0.15) is 0 Å². The average Bonchev–Trinajstić information content (AvgIpc) is 3.20. The first-order valence-corrected chi connectivity index (χ1v) is 14.2. The Morgan fingerprint density at radius 2 is 1.97 bits per heavy atom. The number of rotatable bonds is 6. The summed E-state index contributed by atoms with van der Waals surface area (Å²) in [6, 6.07) is 0. The first-order chi connectivity index (χ1) is 16.5. The summed E-state index contributed by atoms with van der Waals surface area (Å²) in [5, 5.41) is 0. The monoisotopic (exact) mass is 468 g/mol. The van der Waals surface area contributed by atoms with E-state index in [2.05, 4.69) is 45.1 Å². The minimum absolute atomic E-state index is 0.0477. The molecule has 1 heterocycles. The highest BCUT2D eigenvalue weighted by molar-refractivity contribution is 5.27. The van der Waals surface area contributed by atoms with Gasteiger partial charge in [0.1, 0.15) is 0 Å². The molecule has 0 spiro atoms. The molecule has 0 radical (unpaired) electrons. The summed E-state index contributed by atoms with van der Waals surface area (Å²) in [7, 11) is 1.76. The summed E-state index contributed by atoms with van der Waals surface area (Å²) in [5.41, 5.74) is 4.16. The number of ether oxygens (including phenoxy) is 3. The fraction of sp³-hybridized carbons (Fsp3) is 0.806. The highest BCUT2D eigenvalue weighted by Gasteiger charge is 2.58. The van der Waals surface area contributed by atoms with Gasteiger partial charge < -0.3 is 14.2 Å². The molecule has 190 valence electrons. The van der Waals surface area contributed by atoms with E-state index in [-0.39, 0.29) is 6.29 Å². The third kappa shape index (κ3) is 4.50. The van der Waals surface area contributed by atoms with Crippen molar-refractivity contribution in [2.45, 2.75) is 104 Å². The molecule has 0 aromatic carbocycles. The molecule has 0 N–H and O–H groups in total. The Morgan fingerprint density at radius 1 is 1.09 bits per heavy atom. The molecule has 0 aromatic heterocycles. The van der Waals surface area contributed by atoms with Gasteiger partial charge >= 0.3 is 0 Å². The van der Waals surface area contributed by atoms with Gasteiger partial charge in [-0.05, 0) is 112 Å². The van der Waals surface area contributed by atoms with Gasteiger partial charge in [-0.1, -0.05) is 49.3 Å². The van der Waals surface area contributed by atoms with Crippen LogP contribution in [-0.4, -0.2) is 32.7 Å². The summed E-state index contributed by atoms with van der Waals surface area (Å²) in [6.07, 6.45) is 23.8. The molecule has 34 heavy (non-hydrogen) atoms. The molecule has 0 aromatic rings. The van der Waals surface area contributed by atoms with Crippen LogP contribution in [0.15, 0.2) is 35.5 Å². The lowest BCUT2D eigenvalue weighted by Gasteiger charge is -2.58. The Balaban J connectivity index is 1.28. The van der Waals surface area contributed by atoms with E-state index in [1.165, 1.54) is 57.8 Å². The van der Waals surface area contributed by atoms with Crippen LogP contribution >= 0.6 is 0 Å². The molecule has 0 amide bonds. The topological polar surface area (TPSA) is 27.7 Å². The SMILES string of the molecule is COC/C=C/C=C(\C)[C@H]1CC[C@H]2[C@@H]3CC=C4C[C@@H](OC5CCCCO5)CC[C@]4(C)[C@H]3CC[C@]12C. The first-order valence-electron chi connectivity index (χ1n) is 14.2. The predicted octanol–water partition coefficient (Wildman–Crippen LogP) is 7.63. The van der Waals surface area contributed by atoms with E-state index in [4.69, 9.17) is 14.2 Å². The highest BCUT2D eigenvalue weighted by Crippen LogP contribution is 2.67. The van der Waals surface area contributed by atoms with Crippen LogP contribution in [0.2, 0.25) is 0 Å². The zero-order chi connectivity index (χ0) is 23.8. The van der Waals surface area contributed by atoms with E-state index in [0.29, 0.717) is 23.5 Å². The fourth-order valence-corrected chi connectivity index (χ4v) is 9.01. The van der Waals surface area contributed by atoms with Crippen LogP contribution in [0.4, 0.5) is 0 Å². The smallest absolute Gasteiger partial charge is 0.157 e. The molecule has 3 heteroatoms. The molecule has 3 nitrogen and oxygen atoms in total. The second-order valence-electron chi connectivity index (χ2n) is 12.5. The lowest BCUT2D eigenvalue weighted by molar-refractivity contribution is -0.195. The van der Waals surface area contributed by atoms with E-state index in [1.54, 1.807) is 18.3 Å². The third-order valence-corrected chi connectivity index (χ3v) is 10.8. The molecular formula is C31H48O3. The van der Waals surface area contributed by atoms with Crippen molar-refractivity contribution in [2.75, 3.05) is 20.3 Å². The van der Waals surface area contributed by atoms with Crippen LogP contribution in [0.1, 0.15) is 91.4 Å². The molecule has 3 saturated carbocycles. The van der Waals surface area contributed by atoms with Gasteiger partial charge in [0, 0.05) is 13.7 Å². The fourth-order valence-electron chi connectivity index (χ4n) is 9.01. The van der Waals surface area contributed by atoms with Crippen LogP contribution in [-0.2, 0) is 14.2 Å². The molecule has 0 bridgehead atoms. The Labute approximate surface area is 208 Å². The van der Waals surface area contributed by atoms with Crippen molar-refractivity contribution in [1.82, 2.24) is 0 Å². The standard InChI is InChI=1S/C31H48O3/c1-22(9-5-7-19-32-4)26-13-14-27-25-12-11-23-21-24(34-29-10-6-8-20-33-29)15-17-30(23,2)28(25)16-18-31(26,27)3/h5,7,9,11,24-29H,6,8,10,12-21H2,1-4H3/b7-5+,22-9+/t24-,25-,26+,27-,28-,29?,30-,31+/m0/s1. The molecule has 4 fully saturated rings. The van der Waals surface area contributed by atoms with Gasteiger partial charge in [-0.3, -0.25) is 0 Å². The van der Waals surface area contributed by atoms with Crippen molar-refractivity contribution in [2.24, 2.45) is 34.5 Å². The van der Waals surface area contributed by atoms with Gasteiger partial charge in [0.15, 0.2) is 6.29 Å². The van der Waals surface area contributed by atoms with Crippen LogP contribution in [0.5, 0.6) is 0 Å². The number of fused-ring (bicyclic) bond motifs is 5. The van der Waals surface area contributed by atoms with Gasteiger partial charge in [0.2, 0.25) is 0 Å². The maximum Gasteiger partial charge on any atom is 0.157 e. The average molecular weight is 469 g/mol. The van der Waals surface area contributed by atoms with E-state index in [9.17, 15) is 0 Å². The van der Waals surface area contributed by atoms with Crippen molar-refractivity contribution < 1.29 is 14.2 Å². The van der Waals surface area contributed by atoms with E-state index in [1.807, 2.05) is 0 Å². The second kappa shape index (κ2) is 10.2. The van der Waals surface area contributed by atoms with Crippen molar-refractivity contribution in [3.05, 3.63) is 35.5 Å². The number of allylic oxidation sites excluding steroid dienone is 4. The molecule has 4 aliphatic carbocycles. The molecule has 1 unspecified atom stereocenters. The van der Waals surface area contributed by atoms with Gasteiger partial charge in [-0.25, -0.2) is 0 Å². The lowest BCUT2D eigenvalue weighted by Crippen LogP contribution is -2.50. The number of hydrogen-bond donors (Lipinski definition) is 0. The minimum atomic E-state index is 0.0477. The maximum atomic E-state index is 6.45. The molecule has 8 atom stereocenters. The Kier molecular flexibility index (Phi) is 7.45. The summed E-state index contributed by atoms with van der Waals surface area (Å²) < 4.78 is 17.5. The normalized spacial score (nSPS) is 44.9. The molecular weight excluding hydrogens is 420 g/mol. The quantitative estimate of drug-likeness (QED) is 0.296. The Morgan fingerprint density at radius 3 is 2.76 bits per heavy atom. The van der Waals surface area contributed by atoms with Gasteiger partial charge in [0.25, 0.3) is 0 Å². The van der Waals surface area contributed by atoms with Crippen molar-refractivity contribution >= 4 is 0 Å².